The van der Waals surface area contributed by atoms with Crippen molar-refractivity contribution in [3.63, 3.8) is 0 Å². The van der Waals surface area contributed by atoms with E-state index in [4.69, 9.17) is 4.74 Å². The normalized spacial score (nSPS) is 28.3. The second kappa shape index (κ2) is 7.30. The fourth-order valence-electron chi connectivity index (χ4n) is 3.29. The van der Waals surface area contributed by atoms with Gasteiger partial charge in [-0.1, -0.05) is 60.7 Å². The van der Waals surface area contributed by atoms with E-state index in [2.05, 4.69) is 6.07 Å². The zero-order valence-electron chi connectivity index (χ0n) is 13.8. The first kappa shape index (κ1) is 17.5. The molecule has 0 aromatic heterocycles. The summed E-state index contributed by atoms with van der Waals surface area (Å²) in [6, 6.07) is 20.7. The molecule has 0 radical (unpaired) electrons. The van der Waals surface area contributed by atoms with Crippen LogP contribution in [0.4, 0.5) is 0 Å². The first-order valence-electron chi connectivity index (χ1n) is 8.17. The summed E-state index contributed by atoms with van der Waals surface area (Å²) in [5.74, 6) is -1.26. The molecule has 0 amide bonds. The van der Waals surface area contributed by atoms with Crippen molar-refractivity contribution in [3.8, 4) is 6.07 Å². The van der Waals surface area contributed by atoms with Crippen LogP contribution >= 0.6 is 11.8 Å². The largest absolute Gasteiger partial charge is 0.465 e. The molecule has 0 aliphatic carbocycles. The molecule has 2 aromatic rings. The van der Waals surface area contributed by atoms with Crippen LogP contribution in [-0.4, -0.2) is 22.9 Å². The third kappa shape index (κ3) is 3.04. The minimum Gasteiger partial charge on any atom is -0.465 e. The summed E-state index contributed by atoms with van der Waals surface area (Å²) in [7, 11) is 0. The van der Waals surface area contributed by atoms with Crippen LogP contribution < -0.4 is 0 Å². The summed E-state index contributed by atoms with van der Waals surface area (Å²) < 4.78 is 5.19. The maximum absolute atomic E-state index is 12.6. The molecule has 1 fully saturated rings. The van der Waals surface area contributed by atoms with E-state index in [-0.39, 0.29) is 11.9 Å². The third-order valence-corrected chi connectivity index (χ3v) is 6.12. The van der Waals surface area contributed by atoms with E-state index in [0.717, 1.165) is 5.56 Å². The molecule has 4 nitrogen and oxygen atoms in total. The summed E-state index contributed by atoms with van der Waals surface area (Å²) in [5, 5.41) is 20.2. The number of thioether (sulfide) groups is 1. The molecule has 1 aliphatic heterocycles. The minimum absolute atomic E-state index is 0.230. The highest BCUT2D eigenvalue weighted by Crippen LogP contribution is 2.58. The Hall–Kier alpha value is -2.29. The van der Waals surface area contributed by atoms with Crippen LogP contribution in [0.1, 0.15) is 23.3 Å². The fourth-order valence-corrected chi connectivity index (χ4v) is 4.99. The van der Waals surface area contributed by atoms with Gasteiger partial charge in [-0.25, -0.2) is 0 Å². The first-order chi connectivity index (χ1) is 12.1. The van der Waals surface area contributed by atoms with E-state index in [1.807, 2.05) is 36.4 Å². The Kier molecular flexibility index (Phi) is 5.12. The summed E-state index contributed by atoms with van der Waals surface area (Å²) in [6.45, 7) is 1.96. The lowest BCUT2D eigenvalue weighted by Gasteiger charge is -2.31. The zero-order chi connectivity index (χ0) is 17.9. The number of nitriles is 1. The van der Waals surface area contributed by atoms with Crippen molar-refractivity contribution in [2.45, 2.75) is 23.0 Å². The topological polar surface area (TPSA) is 70.3 Å². The van der Waals surface area contributed by atoms with Crippen LogP contribution in [-0.2, 0) is 15.1 Å². The smallest absolute Gasteiger partial charge is 0.322 e. The van der Waals surface area contributed by atoms with Crippen LogP contribution in [0.2, 0.25) is 0 Å². The predicted molar refractivity (Wildman–Crippen MR) is 96.6 cm³/mol. The quantitative estimate of drug-likeness (QED) is 0.853. The van der Waals surface area contributed by atoms with Crippen molar-refractivity contribution in [2.75, 3.05) is 6.61 Å². The molecule has 1 N–H and O–H groups in total. The lowest BCUT2D eigenvalue weighted by molar-refractivity contribution is -0.148. The lowest BCUT2D eigenvalue weighted by atomic mass is 9.76. The summed E-state index contributed by atoms with van der Waals surface area (Å²) >= 11 is 1.30. The van der Waals surface area contributed by atoms with E-state index in [1.54, 1.807) is 31.2 Å². The number of hydrogen-bond donors (Lipinski definition) is 1. The average Bonchev–Trinajstić information content (AvgIpc) is 2.97. The Bertz CT molecular complexity index is 775. The Morgan fingerprint density at radius 2 is 1.80 bits per heavy atom. The van der Waals surface area contributed by atoms with Crippen molar-refractivity contribution in [3.05, 3.63) is 71.8 Å². The van der Waals surface area contributed by atoms with Crippen LogP contribution in [0.25, 0.3) is 0 Å². The maximum atomic E-state index is 12.6. The van der Waals surface area contributed by atoms with Crippen molar-refractivity contribution in [1.29, 1.82) is 5.26 Å². The maximum Gasteiger partial charge on any atom is 0.322 e. The van der Waals surface area contributed by atoms with Crippen LogP contribution in [0.3, 0.4) is 0 Å². The Morgan fingerprint density at radius 3 is 2.36 bits per heavy atom. The second-order valence-electron chi connectivity index (χ2n) is 5.90. The standard InChI is InChI=1S/C20H19NO3S/c1-2-24-19(22)18-20(23,15-11-7-4-8-12-15)16(13-21)17(25-18)14-9-5-3-6-10-14/h3-12,16-18,23H,2H2,1H3/t16-,17+,18-,20+/m0/s1. The van der Waals surface area contributed by atoms with Gasteiger partial charge in [-0.15, -0.1) is 11.8 Å². The monoisotopic (exact) mass is 353 g/mol. The highest BCUT2D eigenvalue weighted by atomic mass is 32.2. The van der Waals surface area contributed by atoms with Gasteiger partial charge in [0.2, 0.25) is 0 Å². The first-order valence-corrected chi connectivity index (χ1v) is 9.11. The molecule has 128 valence electrons. The van der Waals surface area contributed by atoms with Crippen molar-refractivity contribution < 1.29 is 14.6 Å². The number of benzene rings is 2. The fraction of sp³-hybridized carbons (Fsp3) is 0.300. The molecule has 25 heavy (non-hydrogen) atoms. The highest BCUT2D eigenvalue weighted by molar-refractivity contribution is 8.01. The molecular weight excluding hydrogens is 334 g/mol. The summed E-state index contributed by atoms with van der Waals surface area (Å²) in [5.41, 5.74) is -0.126. The predicted octanol–water partition coefficient (Wildman–Crippen LogP) is 3.43. The number of aliphatic hydroxyl groups is 1. The van der Waals surface area contributed by atoms with Gasteiger partial charge in [-0.3, -0.25) is 4.79 Å². The molecule has 0 bridgehead atoms. The van der Waals surface area contributed by atoms with Crippen molar-refractivity contribution in [1.82, 2.24) is 0 Å². The lowest BCUT2D eigenvalue weighted by Crippen LogP contribution is -2.44. The van der Waals surface area contributed by atoms with Crippen LogP contribution in [0.5, 0.6) is 0 Å². The summed E-state index contributed by atoms with van der Waals surface area (Å²) in [6.07, 6.45) is 0. The Balaban J connectivity index is 2.10. The summed E-state index contributed by atoms with van der Waals surface area (Å²) in [4.78, 5) is 12.6. The number of rotatable bonds is 4. The molecule has 5 heteroatoms. The third-order valence-electron chi connectivity index (χ3n) is 4.46. The van der Waals surface area contributed by atoms with Gasteiger partial charge in [0, 0.05) is 5.25 Å². The number of ether oxygens (including phenoxy) is 1. The van der Waals surface area contributed by atoms with E-state index in [1.165, 1.54) is 11.8 Å². The van der Waals surface area contributed by atoms with E-state index in [9.17, 15) is 15.2 Å². The molecule has 1 heterocycles. The van der Waals surface area contributed by atoms with E-state index >= 15 is 0 Å². The molecule has 0 saturated carbocycles. The van der Waals surface area contributed by atoms with Crippen LogP contribution in [0, 0.1) is 17.2 Å². The number of carbonyl (C=O) groups is 1. The molecule has 3 rings (SSSR count). The van der Waals surface area contributed by atoms with Gasteiger partial charge in [-0.2, -0.15) is 5.26 Å². The molecule has 4 atom stereocenters. The second-order valence-corrected chi connectivity index (χ2v) is 7.15. The van der Waals surface area contributed by atoms with Gasteiger partial charge >= 0.3 is 5.97 Å². The van der Waals surface area contributed by atoms with E-state index in [0.29, 0.717) is 5.56 Å². The number of hydrogen-bond acceptors (Lipinski definition) is 5. The Morgan fingerprint density at radius 1 is 1.20 bits per heavy atom. The Labute approximate surface area is 151 Å². The molecule has 0 spiro atoms. The molecule has 2 aromatic carbocycles. The molecular formula is C20H19NO3S. The minimum atomic E-state index is -1.60. The zero-order valence-corrected chi connectivity index (χ0v) is 14.6. The number of nitrogens with zero attached hydrogens (tertiary/aromatic N) is 1. The van der Waals surface area contributed by atoms with Gasteiger partial charge in [0.1, 0.15) is 10.9 Å². The van der Waals surface area contributed by atoms with Crippen molar-refractivity contribution in [2.24, 2.45) is 5.92 Å². The van der Waals surface area contributed by atoms with Gasteiger partial charge in [0.25, 0.3) is 0 Å². The highest BCUT2D eigenvalue weighted by Gasteiger charge is 2.60. The van der Waals surface area contributed by atoms with Gasteiger partial charge < -0.3 is 9.84 Å². The van der Waals surface area contributed by atoms with Gasteiger partial charge in [0.05, 0.1) is 18.6 Å². The molecule has 1 saturated heterocycles. The number of esters is 1. The van der Waals surface area contributed by atoms with Crippen LogP contribution in [0.15, 0.2) is 60.7 Å². The SMILES string of the molecule is CCOC(=O)[C@@H]1S[C@H](c2ccccc2)[C@H](C#N)[C@]1(O)c1ccccc1. The van der Waals surface area contributed by atoms with E-state index < -0.39 is 22.7 Å². The van der Waals surface area contributed by atoms with Gasteiger partial charge in [-0.05, 0) is 18.1 Å². The number of carbonyl (C=O) groups excluding carboxylic acids is 1. The molecule has 0 unspecified atom stereocenters. The molecule has 1 aliphatic rings. The average molecular weight is 353 g/mol. The van der Waals surface area contributed by atoms with Gasteiger partial charge in [0.15, 0.2) is 0 Å². The van der Waals surface area contributed by atoms with Crippen molar-refractivity contribution >= 4 is 17.7 Å².